The molecule has 0 unspecified atom stereocenters. The van der Waals surface area contributed by atoms with Crippen LogP contribution in [-0.4, -0.2) is 24.2 Å². The highest BCUT2D eigenvalue weighted by molar-refractivity contribution is 5.85. The smallest absolute Gasteiger partial charge is 0.210 e. The van der Waals surface area contributed by atoms with E-state index < -0.39 is 0 Å². The number of nitrogens with zero attached hydrogens (tertiary/aromatic N) is 2. The molecule has 0 amide bonds. The molecule has 0 atom stereocenters. The van der Waals surface area contributed by atoms with Gasteiger partial charge in [0.2, 0.25) is 5.96 Å². The summed E-state index contributed by atoms with van der Waals surface area (Å²) in [6.45, 7) is 3.82. The number of hydrogen-bond donors (Lipinski definition) is 3. The lowest BCUT2D eigenvalue weighted by Gasteiger charge is -2.26. The summed E-state index contributed by atoms with van der Waals surface area (Å²) in [5.74, 6) is 0.980. The van der Waals surface area contributed by atoms with Crippen molar-refractivity contribution in [2.45, 2.75) is 26.2 Å². The van der Waals surface area contributed by atoms with Crippen LogP contribution in [0.25, 0.3) is 0 Å². The van der Waals surface area contributed by atoms with E-state index in [0.717, 1.165) is 36.8 Å². The number of aromatic hydroxyl groups is 1. The van der Waals surface area contributed by atoms with Crippen LogP contribution in [0.1, 0.15) is 25.3 Å². The SMILES string of the molecule is CCCCc1ccc(N(NC2=NCCN2)c2cccc(O)c2)cc1.Cl. The van der Waals surface area contributed by atoms with E-state index in [4.69, 9.17) is 0 Å². The number of anilines is 2. The van der Waals surface area contributed by atoms with Crippen LogP contribution in [-0.2, 0) is 6.42 Å². The molecule has 0 bridgehead atoms. The molecule has 0 saturated heterocycles. The summed E-state index contributed by atoms with van der Waals surface area (Å²) in [5.41, 5.74) is 6.49. The molecule has 0 spiro atoms. The Bertz CT molecular complexity index is 703. The molecule has 2 aromatic carbocycles. The molecule has 5 nitrogen and oxygen atoms in total. The lowest BCUT2D eigenvalue weighted by atomic mass is 10.1. The van der Waals surface area contributed by atoms with Crippen LogP contribution < -0.4 is 15.8 Å². The molecule has 2 aromatic rings. The van der Waals surface area contributed by atoms with E-state index in [2.05, 4.69) is 46.9 Å². The first-order valence-corrected chi connectivity index (χ1v) is 8.49. The summed E-state index contributed by atoms with van der Waals surface area (Å²) in [5, 5.41) is 15.0. The molecule has 25 heavy (non-hydrogen) atoms. The van der Waals surface area contributed by atoms with Crippen molar-refractivity contribution in [3.63, 3.8) is 0 Å². The second-order valence-electron chi connectivity index (χ2n) is 5.89. The fraction of sp³-hybridized carbons (Fsp3) is 0.316. The molecule has 0 aliphatic carbocycles. The number of halogens is 1. The summed E-state index contributed by atoms with van der Waals surface area (Å²) in [4.78, 5) is 4.40. The Balaban J connectivity index is 0.00000225. The van der Waals surface area contributed by atoms with Crippen LogP contribution >= 0.6 is 12.4 Å². The van der Waals surface area contributed by atoms with Crippen LogP contribution in [0, 0.1) is 0 Å². The Morgan fingerprint density at radius 1 is 1.16 bits per heavy atom. The molecule has 1 heterocycles. The Labute approximate surface area is 155 Å². The lowest BCUT2D eigenvalue weighted by Crippen LogP contribution is -2.44. The predicted molar refractivity (Wildman–Crippen MR) is 106 cm³/mol. The minimum absolute atomic E-state index is 0. The third-order valence-corrected chi connectivity index (χ3v) is 3.99. The minimum atomic E-state index is 0. The molecule has 134 valence electrons. The van der Waals surface area contributed by atoms with E-state index in [9.17, 15) is 5.11 Å². The molecular formula is C19H25ClN4O. The Morgan fingerprint density at radius 3 is 2.60 bits per heavy atom. The van der Waals surface area contributed by atoms with Crippen LogP contribution in [0.15, 0.2) is 53.5 Å². The van der Waals surface area contributed by atoms with Gasteiger partial charge in [-0.2, -0.15) is 0 Å². The largest absolute Gasteiger partial charge is 0.508 e. The van der Waals surface area contributed by atoms with Crippen LogP contribution in [0.5, 0.6) is 5.75 Å². The summed E-state index contributed by atoms with van der Waals surface area (Å²) >= 11 is 0. The van der Waals surface area contributed by atoms with Crippen molar-refractivity contribution in [1.29, 1.82) is 0 Å². The van der Waals surface area contributed by atoms with Gasteiger partial charge in [0.05, 0.1) is 17.9 Å². The third kappa shape index (κ3) is 5.03. The third-order valence-electron chi connectivity index (χ3n) is 3.99. The number of nitrogens with one attached hydrogen (secondary N) is 2. The molecule has 1 aliphatic heterocycles. The molecule has 3 rings (SSSR count). The topological polar surface area (TPSA) is 59.9 Å². The lowest BCUT2D eigenvalue weighted by molar-refractivity contribution is 0.475. The predicted octanol–water partition coefficient (Wildman–Crippen LogP) is 3.76. The Kier molecular flexibility index (Phi) is 6.95. The summed E-state index contributed by atoms with van der Waals surface area (Å²) < 4.78 is 0. The normalized spacial score (nSPS) is 12.8. The highest BCUT2D eigenvalue weighted by Crippen LogP contribution is 2.26. The first kappa shape index (κ1) is 18.9. The average Bonchev–Trinajstić information content (AvgIpc) is 3.12. The molecule has 6 heteroatoms. The highest BCUT2D eigenvalue weighted by Gasteiger charge is 2.14. The van der Waals surface area contributed by atoms with Crippen LogP contribution in [0.4, 0.5) is 11.4 Å². The number of hydrazine groups is 1. The molecular weight excluding hydrogens is 336 g/mol. The number of guanidine groups is 1. The van der Waals surface area contributed by atoms with Gasteiger partial charge in [0.25, 0.3) is 0 Å². The van der Waals surface area contributed by atoms with Crippen molar-refractivity contribution in [3.05, 3.63) is 54.1 Å². The van der Waals surface area contributed by atoms with E-state index >= 15 is 0 Å². The van der Waals surface area contributed by atoms with Gasteiger partial charge in [0.15, 0.2) is 0 Å². The van der Waals surface area contributed by atoms with Gasteiger partial charge >= 0.3 is 0 Å². The summed E-state index contributed by atoms with van der Waals surface area (Å²) in [7, 11) is 0. The van der Waals surface area contributed by atoms with Gasteiger partial charge in [0.1, 0.15) is 5.75 Å². The number of unbranched alkanes of at least 4 members (excludes halogenated alkanes) is 1. The molecule has 1 aliphatic rings. The first-order chi connectivity index (χ1) is 11.8. The van der Waals surface area contributed by atoms with Gasteiger partial charge in [-0.05, 0) is 42.7 Å². The van der Waals surface area contributed by atoms with Gasteiger partial charge in [-0.15, -0.1) is 12.4 Å². The molecule has 0 aromatic heterocycles. The standard InChI is InChI=1S/C19H24N4O.ClH/c1-2-3-5-15-8-10-16(11-9-15)23(22-19-20-12-13-21-19)17-6-4-7-18(24)14-17;/h4,6-11,14,24H,2-3,5,12-13H2,1H3,(H2,20,21,22);1H. The number of benzene rings is 2. The second-order valence-corrected chi connectivity index (χ2v) is 5.89. The zero-order chi connectivity index (χ0) is 16.8. The average molecular weight is 361 g/mol. The first-order valence-electron chi connectivity index (χ1n) is 8.49. The quantitative estimate of drug-likeness (QED) is 0.686. The van der Waals surface area contributed by atoms with Gasteiger partial charge in [0, 0.05) is 12.6 Å². The van der Waals surface area contributed by atoms with Crippen molar-refractivity contribution in [1.82, 2.24) is 10.7 Å². The Morgan fingerprint density at radius 2 is 1.96 bits per heavy atom. The van der Waals surface area contributed by atoms with Crippen molar-refractivity contribution in [2.24, 2.45) is 4.99 Å². The second kappa shape index (κ2) is 9.18. The number of phenols is 1. The maximum atomic E-state index is 9.81. The minimum Gasteiger partial charge on any atom is -0.508 e. The van der Waals surface area contributed by atoms with Gasteiger partial charge in [-0.1, -0.05) is 31.5 Å². The van der Waals surface area contributed by atoms with Crippen molar-refractivity contribution in [3.8, 4) is 5.75 Å². The van der Waals surface area contributed by atoms with Gasteiger partial charge in [-0.25, -0.2) is 0 Å². The number of aryl methyl sites for hydroxylation is 1. The number of rotatable bonds is 6. The highest BCUT2D eigenvalue weighted by atomic mass is 35.5. The van der Waals surface area contributed by atoms with E-state index in [-0.39, 0.29) is 18.2 Å². The fourth-order valence-electron chi connectivity index (χ4n) is 2.68. The molecule has 0 radical (unpaired) electrons. The van der Waals surface area contributed by atoms with E-state index in [0.29, 0.717) is 0 Å². The zero-order valence-electron chi connectivity index (χ0n) is 14.4. The van der Waals surface area contributed by atoms with E-state index in [1.807, 2.05) is 17.1 Å². The maximum Gasteiger partial charge on any atom is 0.210 e. The number of hydrogen-bond acceptors (Lipinski definition) is 5. The fourth-order valence-corrected chi connectivity index (χ4v) is 2.68. The molecule has 0 saturated carbocycles. The van der Waals surface area contributed by atoms with Gasteiger partial charge < -0.3 is 10.4 Å². The summed E-state index contributed by atoms with van der Waals surface area (Å²) in [6, 6.07) is 15.7. The zero-order valence-corrected chi connectivity index (χ0v) is 15.2. The van der Waals surface area contributed by atoms with Crippen LogP contribution in [0.3, 0.4) is 0 Å². The van der Waals surface area contributed by atoms with Crippen molar-refractivity contribution >= 4 is 29.7 Å². The molecule has 3 N–H and O–H groups in total. The Hall–Kier alpha value is -2.40. The molecule has 0 fully saturated rings. The monoisotopic (exact) mass is 360 g/mol. The maximum absolute atomic E-state index is 9.81. The van der Waals surface area contributed by atoms with E-state index in [1.54, 1.807) is 12.1 Å². The summed E-state index contributed by atoms with van der Waals surface area (Å²) in [6.07, 6.45) is 3.50. The van der Waals surface area contributed by atoms with Crippen molar-refractivity contribution < 1.29 is 5.11 Å². The number of aliphatic imine (C=N–C) groups is 1. The van der Waals surface area contributed by atoms with Gasteiger partial charge in [-0.3, -0.25) is 15.4 Å². The van der Waals surface area contributed by atoms with Crippen LogP contribution in [0.2, 0.25) is 0 Å². The van der Waals surface area contributed by atoms with E-state index in [1.165, 1.54) is 18.4 Å². The number of phenolic OH excluding ortho intramolecular Hbond substituents is 1. The van der Waals surface area contributed by atoms with Crippen molar-refractivity contribution in [2.75, 3.05) is 18.1 Å².